The van der Waals surface area contributed by atoms with Crippen molar-refractivity contribution < 1.29 is 4.39 Å². The second kappa shape index (κ2) is 6.57. The topological polar surface area (TPSA) is 38.0 Å². The first-order chi connectivity index (χ1) is 9.11. The van der Waals surface area contributed by atoms with Crippen molar-refractivity contribution >= 4 is 34.7 Å². The Kier molecular flexibility index (Phi) is 5.05. The number of nitrogens with one attached hydrogen (secondary N) is 1. The van der Waals surface area contributed by atoms with Gasteiger partial charge in [-0.25, -0.2) is 4.39 Å². The number of benzene rings is 1. The van der Waals surface area contributed by atoms with Gasteiger partial charge < -0.3 is 11.1 Å². The van der Waals surface area contributed by atoms with Gasteiger partial charge in [0.25, 0.3) is 0 Å². The first-order valence-electron chi connectivity index (χ1n) is 6.58. The third kappa shape index (κ3) is 3.60. The highest BCUT2D eigenvalue weighted by Crippen LogP contribution is 2.32. The Morgan fingerprint density at radius 1 is 1.53 bits per heavy atom. The number of halogens is 1. The maximum Gasteiger partial charge on any atom is 0.135 e. The summed E-state index contributed by atoms with van der Waals surface area (Å²) in [7, 11) is 0. The summed E-state index contributed by atoms with van der Waals surface area (Å²) < 4.78 is 13.8. The molecule has 0 aliphatic heterocycles. The number of rotatable bonds is 5. The molecule has 0 saturated heterocycles. The van der Waals surface area contributed by atoms with Gasteiger partial charge in [-0.1, -0.05) is 25.2 Å². The van der Waals surface area contributed by atoms with E-state index in [1.54, 1.807) is 6.07 Å². The highest BCUT2D eigenvalue weighted by molar-refractivity contribution is 7.99. The monoisotopic (exact) mass is 298 g/mol. The Hall–Kier alpha value is -0.810. The van der Waals surface area contributed by atoms with E-state index < -0.39 is 0 Å². The number of anilines is 1. The summed E-state index contributed by atoms with van der Waals surface area (Å²) in [5.74, 6) is 0.796. The van der Waals surface area contributed by atoms with Crippen LogP contribution in [0.25, 0.3) is 0 Å². The summed E-state index contributed by atoms with van der Waals surface area (Å²) in [6.07, 6.45) is 3.45. The van der Waals surface area contributed by atoms with E-state index in [0.29, 0.717) is 16.9 Å². The highest BCUT2D eigenvalue weighted by atomic mass is 32.2. The Balaban J connectivity index is 2.08. The Morgan fingerprint density at radius 2 is 2.32 bits per heavy atom. The average molecular weight is 298 g/mol. The molecule has 0 amide bonds. The number of hydrogen-bond acceptors (Lipinski definition) is 3. The van der Waals surface area contributed by atoms with Crippen LogP contribution >= 0.6 is 24.0 Å². The van der Waals surface area contributed by atoms with Crippen LogP contribution in [0.4, 0.5) is 10.1 Å². The Labute approximate surface area is 123 Å². The molecule has 0 spiro atoms. The van der Waals surface area contributed by atoms with E-state index in [0.717, 1.165) is 24.3 Å². The van der Waals surface area contributed by atoms with Gasteiger partial charge >= 0.3 is 0 Å². The molecule has 1 fully saturated rings. The number of nitrogens with two attached hydrogens (primary N) is 1. The molecule has 3 N–H and O–H groups in total. The molecule has 0 bridgehead atoms. The van der Waals surface area contributed by atoms with Crippen molar-refractivity contribution in [1.29, 1.82) is 0 Å². The van der Waals surface area contributed by atoms with Gasteiger partial charge in [0.15, 0.2) is 0 Å². The van der Waals surface area contributed by atoms with E-state index >= 15 is 0 Å². The normalized spacial score (nSPS) is 22.4. The summed E-state index contributed by atoms with van der Waals surface area (Å²) in [5.41, 5.74) is 6.67. The minimum absolute atomic E-state index is 0.109. The molecule has 0 heterocycles. The number of thiocarbonyl (C=S) groups is 1. The van der Waals surface area contributed by atoms with Crippen LogP contribution in [0.15, 0.2) is 18.2 Å². The van der Waals surface area contributed by atoms with E-state index in [1.807, 2.05) is 17.8 Å². The number of thioether (sulfide) groups is 1. The van der Waals surface area contributed by atoms with E-state index in [2.05, 4.69) is 12.2 Å². The maximum atomic E-state index is 13.8. The third-order valence-electron chi connectivity index (χ3n) is 3.41. The van der Waals surface area contributed by atoms with Crippen LogP contribution in [0.1, 0.15) is 31.7 Å². The minimum atomic E-state index is -0.352. The van der Waals surface area contributed by atoms with Gasteiger partial charge in [-0.2, -0.15) is 11.8 Å². The van der Waals surface area contributed by atoms with Gasteiger partial charge in [-0.3, -0.25) is 0 Å². The zero-order chi connectivity index (χ0) is 13.8. The van der Waals surface area contributed by atoms with Gasteiger partial charge in [-0.15, -0.1) is 0 Å². The van der Waals surface area contributed by atoms with Gasteiger partial charge in [-0.05, 0) is 37.1 Å². The lowest BCUT2D eigenvalue weighted by molar-refractivity contribution is 0.625. The SMILES string of the molecule is CCSC1CCC(Nc2cccc(F)c2C(N)=S)C1. The van der Waals surface area contributed by atoms with Crippen molar-refractivity contribution in [3.05, 3.63) is 29.6 Å². The van der Waals surface area contributed by atoms with Crippen LogP contribution < -0.4 is 11.1 Å². The standard InChI is InChI=1S/C14H19FN2S2/c1-2-19-10-7-6-9(8-10)17-12-5-3-4-11(15)13(12)14(16)18/h3-5,9-10,17H,2,6-8H2,1H3,(H2,16,18). The van der Waals surface area contributed by atoms with Crippen LogP contribution in [-0.4, -0.2) is 22.0 Å². The average Bonchev–Trinajstić information content (AvgIpc) is 2.76. The molecule has 1 aromatic rings. The molecule has 1 saturated carbocycles. The van der Waals surface area contributed by atoms with Crippen molar-refractivity contribution in [3.63, 3.8) is 0 Å². The van der Waals surface area contributed by atoms with Crippen molar-refractivity contribution in [2.75, 3.05) is 11.1 Å². The smallest absolute Gasteiger partial charge is 0.135 e. The Morgan fingerprint density at radius 3 is 3.00 bits per heavy atom. The molecular formula is C14H19FN2S2. The zero-order valence-electron chi connectivity index (χ0n) is 11.0. The molecule has 19 heavy (non-hydrogen) atoms. The lowest BCUT2D eigenvalue weighted by Crippen LogP contribution is -2.21. The van der Waals surface area contributed by atoms with Crippen LogP contribution in [0, 0.1) is 5.82 Å². The molecular weight excluding hydrogens is 279 g/mol. The fraction of sp³-hybridized carbons (Fsp3) is 0.500. The predicted octanol–water partition coefficient (Wildman–Crippen LogP) is 3.55. The first kappa shape index (κ1) is 14.6. The molecule has 1 aliphatic carbocycles. The largest absolute Gasteiger partial charge is 0.389 e. The summed E-state index contributed by atoms with van der Waals surface area (Å²) in [6.45, 7) is 2.18. The minimum Gasteiger partial charge on any atom is -0.389 e. The van der Waals surface area contributed by atoms with Crippen molar-refractivity contribution in [2.45, 2.75) is 37.5 Å². The van der Waals surface area contributed by atoms with E-state index in [1.165, 1.54) is 12.5 Å². The fourth-order valence-electron chi connectivity index (χ4n) is 2.57. The molecule has 1 aliphatic rings. The van der Waals surface area contributed by atoms with Gasteiger partial charge in [0.2, 0.25) is 0 Å². The summed E-state index contributed by atoms with van der Waals surface area (Å²) >= 11 is 6.94. The lowest BCUT2D eigenvalue weighted by atomic mass is 10.1. The second-order valence-corrected chi connectivity index (χ2v) is 6.78. The first-order valence-corrected chi connectivity index (χ1v) is 8.04. The van der Waals surface area contributed by atoms with Crippen molar-refractivity contribution in [1.82, 2.24) is 0 Å². The van der Waals surface area contributed by atoms with Crippen LogP contribution in [0.5, 0.6) is 0 Å². The quantitative estimate of drug-likeness (QED) is 0.815. The van der Waals surface area contributed by atoms with Gasteiger partial charge in [0, 0.05) is 17.0 Å². The zero-order valence-corrected chi connectivity index (χ0v) is 12.6. The third-order valence-corrected chi connectivity index (χ3v) is 4.84. The van der Waals surface area contributed by atoms with Crippen molar-refractivity contribution in [2.24, 2.45) is 5.73 Å². The fourth-order valence-corrected chi connectivity index (χ4v) is 3.92. The van der Waals surface area contributed by atoms with E-state index in [-0.39, 0.29) is 10.8 Å². The van der Waals surface area contributed by atoms with Crippen molar-refractivity contribution in [3.8, 4) is 0 Å². The second-order valence-electron chi connectivity index (χ2n) is 4.76. The van der Waals surface area contributed by atoms with Gasteiger partial charge in [0.05, 0.1) is 5.56 Å². The summed E-state index contributed by atoms with van der Waals surface area (Å²) in [5, 5.41) is 4.11. The highest BCUT2D eigenvalue weighted by Gasteiger charge is 2.25. The number of hydrogen-bond donors (Lipinski definition) is 2. The summed E-state index contributed by atoms with van der Waals surface area (Å²) in [4.78, 5) is 0.109. The molecule has 2 rings (SSSR count). The van der Waals surface area contributed by atoms with E-state index in [4.69, 9.17) is 18.0 Å². The maximum absolute atomic E-state index is 13.8. The molecule has 5 heteroatoms. The molecule has 0 aromatic heterocycles. The molecule has 2 atom stereocenters. The van der Waals surface area contributed by atoms with Crippen LogP contribution in [-0.2, 0) is 0 Å². The molecule has 2 nitrogen and oxygen atoms in total. The molecule has 2 unspecified atom stereocenters. The Bertz CT molecular complexity index is 465. The predicted molar refractivity (Wildman–Crippen MR) is 85.5 cm³/mol. The van der Waals surface area contributed by atoms with E-state index in [9.17, 15) is 4.39 Å². The molecule has 1 aromatic carbocycles. The summed E-state index contributed by atoms with van der Waals surface area (Å²) in [6, 6.07) is 5.31. The van der Waals surface area contributed by atoms with Crippen LogP contribution in [0.2, 0.25) is 0 Å². The molecule has 104 valence electrons. The van der Waals surface area contributed by atoms with Crippen LogP contribution in [0.3, 0.4) is 0 Å². The molecule has 0 radical (unpaired) electrons. The van der Waals surface area contributed by atoms with Gasteiger partial charge in [0.1, 0.15) is 10.8 Å². The lowest BCUT2D eigenvalue weighted by Gasteiger charge is -2.17.